The Morgan fingerprint density at radius 2 is 1.76 bits per heavy atom. The standard InChI is InChI=1S/C30H37N3O4/c1-2-22-18-26-19-24(27(34)13-16-31-20-28(35)36)14-17-33(26)29(22)30(37)23-11-9-21(10-12-23)6-5-15-32-25-7-3-4-8-25/h9-12,14,17-19,25,31-32H,2-8,13,15-16,20H2,1H3,(H,35,36). The molecule has 1 aliphatic carbocycles. The van der Waals surface area contributed by atoms with Crippen molar-refractivity contribution >= 4 is 23.1 Å². The average Bonchev–Trinajstić information content (AvgIpc) is 3.56. The molecule has 7 heteroatoms. The second kappa shape index (κ2) is 12.8. The van der Waals surface area contributed by atoms with Crippen LogP contribution >= 0.6 is 0 Å². The van der Waals surface area contributed by atoms with Crippen molar-refractivity contribution in [3.05, 3.63) is 76.6 Å². The number of hydrogen-bond acceptors (Lipinski definition) is 5. The number of nitrogens with zero attached hydrogens (tertiary/aromatic N) is 1. The van der Waals surface area contributed by atoms with E-state index in [1.54, 1.807) is 18.3 Å². The molecule has 1 fully saturated rings. The van der Waals surface area contributed by atoms with Crippen molar-refractivity contribution in [2.45, 2.75) is 64.3 Å². The van der Waals surface area contributed by atoms with Gasteiger partial charge in [0.05, 0.1) is 12.2 Å². The number of carboxylic acid groups (broad SMARTS) is 1. The minimum atomic E-state index is -0.951. The maximum Gasteiger partial charge on any atom is 0.317 e. The van der Waals surface area contributed by atoms with Crippen LogP contribution in [0.1, 0.15) is 83.0 Å². The third-order valence-electron chi connectivity index (χ3n) is 7.22. The smallest absolute Gasteiger partial charge is 0.317 e. The number of carboxylic acids is 1. The fourth-order valence-corrected chi connectivity index (χ4v) is 5.16. The van der Waals surface area contributed by atoms with Crippen LogP contribution in [0, 0.1) is 0 Å². The summed E-state index contributed by atoms with van der Waals surface area (Å²) in [4.78, 5) is 36.7. The summed E-state index contributed by atoms with van der Waals surface area (Å²) in [6.45, 7) is 3.18. The Bertz CT molecular complexity index is 1240. The highest BCUT2D eigenvalue weighted by Crippen LogP contribution is 2.23. The Balaban J connectivity index is 1.41. The van der Waals surface area contributed by atoms with Crippen molar-refractivity contribution in [1.29, 1.82) is 0 Å². The number of aliphatic carboxylic acids is 1. The number of aromatic nitrogens is 1. The Labute approximate surface area is 218 Å². The molecule has 196 valence electrons. The largest absolute Gasteiger partial charge is 0.480 e. The number of pyridine rings is 1. The van der Waals surface area contributed by atoms with Crippen molar-refractivity contribution in [1.82, 2.24) is 15.0 Å². The first-order valence-corrected chi connectivity index (χ1v) is 13.4. The van der Waals surface area contributed by atoms with E-state index in [0.29, 0.717) is 35.8 Å². The molecule has 1 saturated carbocycles. The minimum Gasteiger partial charge on any atom is -0.480 e. The summed E-state index contributed by atoms with van der Waals surface area (Å²) in [5.74, 6) is -1.04. The molecule has 37 heavy (non-hydrogen) atoms. The zero-order valence-corrected chi connectivity index (χ0v) is 21.6. The lowest BCUT2D eigenvalue weighted by Crippen LogP contribution is -2.27. The maximum atomic E-state index is 13.5. The van der Waals surface area contributed by atoms with Gasteiger partial charge in [-0.15, -0.1) is 0 Å². The second-order valence-electron chi connectivity index (χ2n) is 9.89. The van der Waals surface area contributed by atoms with Crippen LogP contribution in [0.15, 0.2) is 48.7 Å². The highest BCUT2D eigenvalue weighted by Gasteiger charge is 2.19. The summed E-state index contributed by atoms with van der Waals surface area (Å²) in [6.07, 6.45) is 10.1. The number of hydrogen-bond donors (Lipinski definition) is 3. The van der Waals surface area contributed by atoms with Gasteiger partial charge in [-0.05, 0) is 68.0 Å². The normalized spacial score (nSPS) is 13.9. The van der Waals surface area contributed by atoms with E-state index < -0.39 is 5.97 Å². The van der Waals surface area contributed by atoms with Crippen LogP contribution < -0.4 is 10.6 Å². The van der Waals surface area contributed by atoms with Crippen LogP contribution in [0.2, 0.25) is 0 Å². The molecule has 0 atom stereocenters. The summed E-state index contributed by atoms with van der Waals surface area (Å²) < 4.78 is 1.86. The third kappa shape index (κ3) is 6.93. The zero-order valence-electron chi connectivity index (χ0n) is 21.6. The van der Waals surface area contributed by atoms with Gasteiger partial charge in [-0.25, -0.2) is 0 Å². The molecule has 2 aromatic heterocycles. The fourth-order valence-electron chi connectivity index (χ4n) is 5.16. The van der Waals surface area contributed by atoms with Gasteiger partial charge >= 0.3 is 5.97 Å². The van der Waals surface area contributed by atoms with Crippen LogP contribution in [-0.2, 0) is 17.6 Å². The molecule has 0 radical (unpaired) electrons. The molecule has 0 aliphatic heterocycles. The van der Waals surface area contributed by atoms with Gasteiger partial charge in [-0.1, -0.05) is 44.0 Å². The lowest BCUT2D eigenvalue weighted by Gasteiger charge is -2.11. The number of benzene rings is 1. The van der Waals surface area contributed by atoms with E-state index >= 15 is 0 Å². The van der Waals surface area contributed by atoms with Gasteiger partial charge < -0.3 is 20.1 Å². The van der Waals surface area contributed by atoms with E-state index in [1.165, 1.54) is 31.2 Å². The molecule has 3 aromatic rings. The van der Waals surface area contributed by atoms with Crippen molar-refractivity contribution in [3.8, 4) is 0 Å². The zero-order chi connectivity index (χ0) is 26.2. The maximum absolute atomic E-state index is 13.5. The monoisotopic (exact) mass is 503 g/mol. The van der Waals surface area contributed by atoms with Gasteiger partial charge in [0.15, 0.2) is 5.78 Å². The van der Waals surface area contributed by atoms with E-state index in [2.05, 4.69) is 22.8 Å². The van der Waals surface area contributed by atoms with Gasteiger partial charge in [0, 0.05) is 41.8 Å². The van der Waals surface area contributed by atoms with Crippen LogP contribution in [0.25, 0.3) is 5.52 Å². The van der Waals surface area contributed by atoms with Crippen LogP contribution in [-0.4, -0.2) is 52.7 Å². The van der Waals surface area contributed by atoms with Gasteiger partial charge in [0.25, 0.3) is 0 Å². The predicted molar refractivity (Wildman–Crippen MR) is 145 cm³/mol. The number of carbonyl (C=O) groups excluding carboxylic acids is 2. The minimum absolute atomic E-state index is 0.0248. The van der Waals surface area contributed by atoms with Gasteiger partial charge in [0.2, 0.25) is 5.78 Å². The predicted octanol–water partition coefficient (Wildman–Crippen LogP) is 4.44. The molecule has 1 aromatic carbocycles. The molecule has 7 nitrogen and oxygen atoms in total. The van der Waals surface area contributed by atoms with Crippen molar-refractivity contribution < 1.29 is 19.5 Å². The second-order valence-corrected chi connectivity index (χ2v) is 9.89. The lowest BCUT2D eigenvalue weighted by atomic mass is 10.0. The summed E-state index contributed by atoms with van der Waals surface area (Å²) in [6, 6.07) is 14.1. The Morgan fingerprint density at radius 3 is 2.46 bits per heavy atom. The Hall–Kier alpha value is -3.29. The first-order valence-electron chi connectivity index (χ1n) is 13.4. The molecule has 0 amide bonds. The summed E-state index contributed by atoms with van der Waals surface area (Å²) in [5, 5.41) is 15.1. The van der Waals surface area contributed by atoms with Gasteiger partial charge in [-0.3, -0.25) is 14.4 Å². The molecule has 2 heterocycles. The van der Waals surface area contributed by atoms with E-state index in [1.807, 2.05) is 29.5 Å². The number of fused-ring (bicyclic) bond motifs is 1. The quantitative estimate of drug-likeness (QED) is 0.222. The SMILES string of the molecule is CCc1cc2cc(C(=O)CCNCC(=O)O)ccn2c1C(=O)c1ccc(CCCNC2CCCC2)cc1. The summed E-state index contributed by atoms with van der Waals surface area (Å²) in [7, 11) is 0. The third-order valence-corrected chi connectivity index (χ3v) is 7.22. The molecular formula is C30H37N3O4. The van der Waals surface area contributed by atoms with E-state index in [-0.39, 0.29) is 24.5 Å². The lowest BCUT2D eigenvalue weighted by molar-refractivity contribution is -0.135. The number of ketones is 2. The number of carbonyl (C=O) groups is 3. The van der Waals surface area contributed by atoms with Crippen molar-refractivity contribution in [3.63, 3.8) is 0 Å². The van der Waals surface area contributed by atoms with E-state index in [9.17, 15) is 14.4 Å². The molecular weight excluding hydrogens is 466 g/mol. The first-order chi connectivity index (χ1) is 18.0. The van der Waals surface area contributed by atoms with Crippen molar-refractivity contribution in [2.75, 3.05) is 19.6 Å². The highest BCUT2D eigenvalue weighted by molar-refractivity contribution is 6.10. The first kappa shape index (κ1) is 26.8. The molecule has 1 aliphatic rings. The molecule has 0 saturated heterocycles. The Morgan fingerprint density at radius 1 is 1.00 bits per heavy atom. The summed E-state index contributed by atoms with van der Waals surface area (Å²) in [5.41, 5.74) is 4.83. The molecule has 4 rings (SSSR count). The van der Waals surface area contributed by atoms with Gasteiger partial charge in [0.1, 0.15) is 0 Å². The van der Waals surface area contributed by atoms with E-state index in [0.717, 1.165) is 30.5 Å². The molecule has 3 N–H and O–H groups in total. The van der Waals surface area contributed by atoms with Gasteiger partial charge in [-0.2, -0.15) is 0 Å². The Kier molecular flexibility index (Phi) is 9.25. The molecule has 0 unspecified atom stereocenters. The topological polar surface area (TPSA) is 99.9 Å². The number of rotatable bonds is 14. The van der Waals surface area contributed by atoms with Crippen molar-refractivity contribution in [2.24, 2.45) is 0 Å². The average molecular weight is 504 g/mol. The number of Topliss-reactive ketones (excluding diaryl/α,β-unsaturated/α-hetero) is 1. The van der Waals surface area contributed by atoms with Crippen LogP contribution in [0.4, 0.5) is 0 Å². The summed E-state index contributed by atoms with van der Waals surface area (Å²) >= 11 is 0. The highest BCUT2D eigenvalue weighted by atomic mass is 16.4. The van der Waals surface area contributed by atoms with Crippen LogP contribution in [0.3, 0.4) is 0 Å². The molecule has 0 bridgehead atoms. The fraction of sp³-hybridized carbons (Fsp3) is 0.433. The number of nitrogens with one attached hydrogen (secondary N) is 2. The number of aryl methyl sites for hydroxylation is 2. The molecule has 0 spiro atoms. The van der Waals surface area contributed by atoms with Crippen LogP contribution in [0.5, 0.6) is 0 Å². The van der Waals surface area contributed by atoms with E-state index in [4.69, 9.17) is 5.11 Å².